The molecule has 0 aliphatic heterocycles. The van der Waals surface area contributed by atoms with E-state index in [1.54, 1.807) is 0 Å². The van der Waals surface area contributed by atoms with Crippen LogP contribution in [0.4, 0.5) is 4.79 Å². The number of ether oxygens (including phenoxy) is 1. The van der Waals surface area contributed by atoms with Crippen molar-refractivity contribution in [2.75, 3.05) is 6.61 Å². The van der Waals surface area contributed by atoms with Gasteiger partial charge < -0.3 is 15.2 Å². The van der Waals surface area contributed by atoms with Gasteiger partial charge in [0.25, 0.3) is 0 Å². The zero-order valence-corrected chi connectivity index (χ0v) is 11.6. The lowest BCUT2D eigenvalue weighted by molar-refractivity contribution is -0.0521. The van der Waals surface area contributed by atoms with Gasteiger partial charge in [0.05, 0.1) is 0 Å². The number of nitrogens with one attached hydrogen (secondary N) is 1. The molecule has 4 heteroatoms. The van der Waals surface area contributed by atoms with Gasteiger partial charge in [-0.1, -0.05) is 12.8 Å². The minimum atomic E-state index is -0.464. The van der Waals surface area contributed by atoms with Gasteiger partial charge in [-0.3, -0.25) is 0 Å². The van der Waals surface area contributed by atoms with Crippen LogP contribution in [0.5, 0.6) is 0 Å². The summed E-state index contributed by atoms with van der Waals surface area (Å²) in [5.41, 5.74) is -0.464. The summed E-state index contributed by atoms with van der Waals surface area (Å²) in [5, 5.41) is 12.4. The van der Waals surface area contributed by atoms with Crippen molar-refractivity contribution in [1.29, 1.82) is 0 Å². The summed E-state index contributed by atoms with van der Waals surface area (Å²) in [6, 6.07) is 0.107. The number of fused-ring (bicyclic) bond motifs is 1. The molecule has 0 radical (unpaired) electrons. The van der Waals surface area contributed by atoms with Gasteiger partial charge in [0.15, 0.2) is 0 Å². The van der Waals surface area contributed by atoms with E-state index in [9.17, 15) is 9.90 Å². The highest BCUT2D eigenvalue weighted by molar-refractivity contribution is 5.68. The van der Waals surface area contributed by atoms with E-state index >= 15 is 0 Å². The maximum Gasteiger partial charge on any atom is 0.407 e. The van der Waals surface area contributed by atoms with Gasteiger partial charge in [0.1, 0.15) is 5.60 Å². The van der Waals surface area contributed by atoms with Gasteiger partial charge in [-0.25, -0.2) is 4.79 Å². The molecular formula is C14H25NO3. The Morgan fingerprint density at radius 3 is 2.44 bits per heavy atom. The SMILES string of the molecule is CC(C)(C)OC(=O)N[C@H]1[C@@H]2CCCC[C@@H]2[C@@H]1CO. The smallest absolute Gasteiger partial charge is 0.407 e. The van der Waals surface area contributed by atoms with Gasteiger partial charge in [0, 0.05) is 18.6 Å². The summed E-state index contributed by atoms with van der Waals surface area (Å²) in [6.07, 6.45) is 4.52. The second-order valence-corrected chi connectivity index (χ2v) is 6.63. The maximum absolute atomic E-state index is 11.8. The van der Waals surface area contributed by atoms with Gasteiger partial charge in [-0.15, -0.1) is 0 Å². The van der Waals surface area contributed by atoms with Crippen molar-refractivity contribution < 1.29 is 14.6 Å². The van der Waals surface area contributed by atoms with E-state index in [1.807, 2.05) is 20.8 Å². The van der Waals surface area contributed by atoms with E-state index in [2.05, 4.69) is 5.32 Å². The Morgan fingerprint density at radius 2 is 1.89 bits per heavy atom. The zero-order chi connectivity index (χ0) is 13.3. The molecule has 0 heterocycles. The predicted molar refractivity (Wildman–Crippen MR) is 69.2 cm³/mol. The summed E-state index contributed by atoms with van der Waals surface area (Å²) in [5.74, 6) is 1.37. The van der Waals surface area contributed by atoms with Crippen LogP contribution in [0.15, 0.2) is 0 Å². The number of hydrogen-bond donors (Lipinski definition) is 2. The maximum atomic E-state index is 11.8. The van der Waals surface area contributed by atoms with E-state index < -0.39 is 5.60 Å². The normalized spacial score (nSPS) is 35.3. The molecule has 2 rings (SSSR count). The summed E-state index contributed by atoms with van der Waals surface area (Å²) >= 11 is 0. The van der Waals surface area contributed by atoms with Crippen LogP contribution in [0.2, 0.25) is 0 Å². The number of hydrogen-bond acceptors (Lipinski definition) is 3. The fourth-order valence-corrected chi connectivity index (χ4v) is 3.51. The molecule has 0 aromatic rings. The lowest BCUT2D eigenvalue weighted by Crippen LogP contribution is -2.62. The highest BCUT2D eigenvalue weighted by atomic mass is 16.6. The first-order valence-electron chi connectivity index (χ1n) is 7.03. The number of carbonyl (C=O) groups is 1. The average molecular weight is 255 g/mol. The molecule has 2 aliphatic rings. The minimum Gasteiger partial charge on any atom is -0.444 e. The molecule has 4 atom stereocenters. The van der Waals surface area contributed by atoms with E-state index in [0.717, 1.165) is 0 Å². The first kappa shape index (κ1) is 13.7. The molecule has 104 valence electrons. The predicted octanol–water partition coefficient (Wildman–Crippen LogP) is 2.31. The number of aliphatic hydroxyl groups excluding tert-OH is 1. The van der Waals surface area contributed by atoms with Gasteiger partial charge >= 0.3 is 6.09 Å². The van der Waals surface area contributed by atoms with Crippen LogP contribution in [0.25, 0.3) is 0 Å². The molecule has 2 aliphatic carbocycles. The van der Waals surface area contributed by atoms with Crippen LogP contribution in [-0.2, 0) is 4.74 Å². The number of amides is 1. The number of alkyl carbamates (subject to hydrolysis) is 1. The Bertz CT molecular complexity index is 305. The summed E-state index contributed by atoms with van der Waals surface area (Å²) in [6.45, 7) is 5.75. The zero-order valence-electron chi connectivity index (χ0n) is 11.6. The summed E-state index contributed by atoms with van der Waals surface area (Å²) in [7, 11) is 0. The lowest BCUT2D eigenvalue weighted by atomic mass is 9.55. The fourth-order valence-electron chi connectivity index (χ4n) is 3.51. The van der Waals surface area contributed by atoms with Crippen LogP contribution in [0, 0.1) is 17.8 Å². The molecule has 0 spiro atoms. The fraction of sp³-hybridized carbons (Fsp3) is 0.929. The first-order chi connectivity index (χ1) is 8.42. The van der Waals surface area contributed by atoms with Crippen molar-refractivity contribution in [2.24, 2.45) is 17.8 Å². The molecule has 2 N–H and O–H groups in total. The molecule has 0 unspecified atom stereocenters. The lowest BCUT2D eigenvalue weighted by Gasteiger charge is -2.54. The second-order valence-electron chi connectivity index (χ2n) is 6.63. The standard InChI is InChI=1S/C14H25NO3/c1-14(2,3)18-13(17)15-12-10-7-5-4-6-9(10)11(12)8-16/h9-12,16H,4-8H2,1-3H3,(H,15,17)/t9-,10+,11-,12-/m0/s1. The molecule has 0 aromatic heterocycles. The largest absolute Gasteiger partial charge is 0.444 e. The Kier molecular flexibility index (Phi) is 3.85. The van der Waals surface area contributed by atoms with Crippen LogP contribution in [0.1, 0.15) is 46.5 Å². The molecule has 1 amide bonds. The Labute approximate surface area is 109 Å². The first-order valence-corrected chi connectivity index (χ1v) is 7.03. The number of rotatable bonds is 2. The van der Waals surface area contributed by atoms with Gasteiger partial charge in [-0.2, -0.15) is 0 Å². The molecule has 0 aromatic carbocycles. The van der Waals surface area contributed by atoms with Crippen LogP contribution in [0.3, 0.4) is 0 Å². The van der Waals surface area contributed by atoms with E-state index in [-0.39, 0.29) is 24.7 Å². The van der Waals surface area contributed by atoms with E-state index in [0.29, 0.717) is 11.8 Å². The molecule has 2 fully saturated rings. The summed E-state index contributed by atoms with van der Waals surface area (Å²) < 4.78 is 5.28. The third-order valence-corrected chi connectivity index (χ3v) is 4.24. The monoisotopic (exact) mass is 255 g/mol. The molecule has 18 heavy (non-hydrogen) atoms. The third kappa shape index (κ3) is 2.79. The van der Waals surface area contributed by atoms with Gasteiger partial charge in [-0.05, 0) is 45.4 Å². The Balaban J connectivity index is 1.90. The van der Waals surface area contributed by atoms with Crippen molar-refractivity contribution in [1.82, 2.24) is 5.32 Å². The molecule has 0 saturated heterocycles. The number of aliphatic hydroxyl groups is 1. The Morgan fingerprint density at radius 1 is 1.28 bits per heavy atom. The third-order valence-electron chi connectivity index (χ3n) is 4.24. The highest BCUT2D eigenvalue weighted by Gasteiger charge is 2.51. The van der Waals surface area contributed by atoms with Crippen molar-refractivity contribution >= 4 is 6.09 Å². The van der Waals surface area contributed by atoms with Crippen molar-refractivity contribution in [3.63, 3.8) is 0 Å². The molecule has 0 bridgehead atoms. The topological polar surface area (TPSA) is 58.6 Å². The molecule has 2 saturated carbocycles. The highest BCUT2D eigenvalue weighted by Crippen LogP contribution is 2.49. The van der Waals surface area contributed by atoms with Crippen LogP contribution in [-0.4, -0.2) is 29.4 Å². The second kappa shape index (κ2) is 5.08. The summed E-state index contributed by atoms with van der Waals surface area (Å²) in [4.78, 5) is 11.8. The van der Waals surface area contributed by atoms with Crippen molar-refractivity contribution in [2.45, 2.75) is 58.1 Å². The van der Waals surface area contributed by atoms with E-state index in [1.165, 1.54) is 25.7 Å². The molecule has 4 nitrogen and oxygen atoms in total. The van der Waals surface area contributed by atoms with Crippen LogP contribution >= 0.6 is 0 Å². The number of carbonyl (C=O) groups excluding carboxylic acids is 1. The van der Waals surface area contributed by atoms with Crippen molar-refractivity contribution in [3.8, 4) is 0 Å². The van der Waals surface area contributed by atoms with Gasteiger partial charge in [0.2, 0.25) is 0 Å². The quantitative estimate of drug-likeness (QED) is 0.796. The van der Waals surface area contributed by atoms with E-state index in [4.69, 9.17) is 4.74 Å². The minimum absolute atomic E-state index is 0.107. The average Bonchev–Trinajstić information content (AvgIpc) is 2.25. The van der Waals surface area contributed by atoms with Crippen molar-refractivity contribution in [3.05, 3.63) is 0 Å². The van der Waals surface area contributed by atoms with Crippen LogP contribution < -0.4 is 5.32 Å². The molecular weight excluding hydrogens is 230 g/mol. The Hall–Kier alpha value is -0.770.